The summed E-state index contributed by atoms with van der Waals surface area (Å²) < 4.78 is 18.1. The van der Waals surface area contributed by atoms with Crippen molar-refractivity contribution in [1.29, 1.82) is 0 Å². The van der Waals surface area contributed by atoms with Crippen molar-refractivity contribution in [3.8, 4) is 23.3 Å². The number of nitrogens with two attached hydrogens (primary N) is 1. The molecule has 21 nitrogen and oxygen atoms in total. The number of H-pyrrole nitrogens is 1. The lowest BCUT2D eigenvalue weighted by molar-refractivity contribution is 0.102. The summed E-state index contributed by atoms with van der Waals surface area (Å²) in [7, 11) is 3.73. The molecule has 0 unspecified atom stereocenters. The Balaban J connectivity index is 0.675. The summed E-state index contributed by atoms with van der Waals surface area (Å²) >= 11 is 0. The molecule has 3 aliphatic heterocycles. The number of rotatable bonds is 16. The molecule has 0 atom stereocenters. The number of carbonyl (C=O) groups is 2. The summed E-state index contributed by atoms with van der Waals surface area (Å²) in [6.45, 7) is 9.70. The summed E-state index contributed by atoms with van der Waals surface area (Å²) in [4.78, 5) is 37.7. The highest BCUT2D eigenvalue weighted by Crippen LogP contribution is 2.39. The van der Waals surface area contributed by atoms with Gasteiger partial charge in [0.15, 0.2) is 17.1 Å². The van der Waals surface area contributed by atoms with Gasteiger partial charge >= 0.3 is 0 Å². The van der Waals surface area contributed by atoms with E-state index in [9.17, 15) is 9.59 Å². The molecule has 7 N–H and O–H groups in total. The van der Waals surface area contributed by atoms with E-state index >= 15 is 0 Å². The van der Waals surface area contributed by atoms with Crippen LogP contribution < -0.4 is 46.3 Å². The van der Waals surface area contributed by atoms with Crippen LogP contribution in [-0.2, 0) is 14.1 Å². The first-order valence-electron chi connectivity index (χ1n) is 25.9. The van der Waals surface area contributed by atoms with Crippen LogP contribution in [0.25, 0.3) is 38.4 Å². The van der Waals surface area contributed by atoms with E-state index in [1.54, 1.807) is 21.6 Å². The number of nitrogens with zero attached hydrogens (tertiary/aromatic N) is 11. The van der Waals surface area contributed by atoms with Gasteiger partial charge in [0.2, 0.25) is 0 Å². The molecular weight excluding hydrogens is 951 g/mol. The molecule has 3 aromatic carbocycles. The van der Waals surface area contributed by atoms with Crippen molar-refractivity contribution in [2.75, 3.05) is 78.6 Å². The van der Waals surface area contributed by atoms with Gasteiger partial charge in [-0.1, -0.05) is 11.8 Å². The topological polar surface area (TPSA) is 240 Å². The first kappa shape index (κ1) is 47.8. The summed E-state index contributed by atoms with van der Waals surface area (Å²) in [5, 5.41) is 41.4. The number of nitrogen functional groups attached to an aromatic ring is 1. The lowest BCUT2D eigenvalue weighted by Crippen LogP contribution is -2.43. The maximum Gasteiger partial charge on any atom is 0.260 e. The van der Waals surface area contributed by atoms with E-state index in [1.165, 1.54) is 12.8 Å². The number of imidazole rings is 1. The molecule has 386 valence electrons. The average Bonchev–Trinajstić information content (AvgIpc) is 4.19. The minimum absolute atomic E-state index is 0.0711. The van der Waals surface area contributed by atoms with E-state index < -0.39 is 11.6 Å². The molecule has 0 radical (unpaired) electrons. The van der Waals surface area contributed by atoms with Gasteiger partial charge in [-0.25, -0.2) is 4.98 Å². The first-order chi connectivity index (χ1) is 36.5. The van der Waals surface area contributed by atoms with Crippen LogP contribution in [0, 0.1) is 25.7 Å². The van der Waals surface area contributed by atoms with Gasteiger partial charge in [-0.15, -0.1) is 0 Å². The van der Waals surface area contributed by atoms with Crippen LogP contribution in [0.15, 0.2) is 71.4 Å². The van der Waals surface area contributed by atoms with Crippen LogP contribution in [0.3, 0.4) is 0 Å². The number of pyridine rings is 1. The molecule has 75 heavy (non-hydrogen) atoms. The van der Waals surface area contributed by atoms with Crippen molar-refractivity contribution in [3.63, 3.8) is 0 Å². The summed E-state index contributed by atoms with van der Waals surface area (Å²) in [6.07, 6.45) is 13.8. The fourth-order valence-electron chi connectivity index (χ4n) is 10.6. The zero-order valence-corrected chi connectivity index (χ0v) is 42.7. The van der Waals surface area contributed by atoms with Crippen LogP contribution in [0.1, 0.15) is 77.0 Å². The summed E-state index contributed by atoms with van der Waals surface area (Å²) in [5.74, 6) is 6.64. The predicted molar refractivity (Wildman–Crippen MR) is 289 cm³/mol. The van der Waals surface area contributed by atoms with Crippen LogP contribution in [0.4, 0.5) is 28.4 Å². The molecule has 5 aromatic heterocycles. The highest BCUT2D eigenvalue weighted by atomic mass is 16.5. The predicted octanol–water partition coefficient (Wildman–Crippen LogP) is 6.61. The average molecular weight is 1010 g/mol. The lowest BCUT2D eigenvalue weighted by atomic mass is 10.0. The fourth-order valence-corrected chi connectivity index (χ4v) is 10.6. The molecule has 8 heterocycles. The van der Waals surface area contributed by atoms with Crippen molar-refractivity contribution in [2.45, 2.75) is 76.5 Å². The summed E-state index contributed by atoms with van der Waals surface area (Å²) in [6, 6.07) is 12.4. The smallest absolute Gasteiger partial charge is 0.260 e. The van der Waals surface area contributed by atoms with Gasteiger partial charge in [0, 0.05) is 154 Å². The number of piperidine rings is 1. The Morgan fingerprint density at radius 3 is 2.33 bits per heavy atom. The highest BCUT2D eigenvalue weighted by molar-refractivity contribution is 6.18. The largest absolute Gasteiger partial charge is 0.489 e. The number of aromatic amines is 1. The van der Waals surface area contributed by atoms with E-state index in [0.29, 0.717) is 94.3 Å². The summed E-state index contributed by atoms with van der Waals surface area (Å²) in [5.41, 5.74) is 14.8. The van der Waals surface area contributed by atoms with Crippen molar-refractivity contribution < 1.29 is 19.1 Å². The number of anilines is 5. The Kier molecular flexibility index (Phi) is 12.5. The third-order valence-electron chi connectivity index (χ3n) is 14.9. The maximum absolute atomic E-state index is 14.2. The number of benzene rings is 3. The second-order valence-electron chi connectivity index (χ2n) is 20.3. The molecule has 21 heteroatoms. The highest BCUT2D eigenvalue weighted by Gasteiger charge is 2.39. The monoisotopic (exact) mass is 1010 g/mol. The lowest BCUT2D eigenvalue weighted by Gasteiger charge is -2.34. The number of carbonyl (C=O) groups excluding carboxylic acids is 2. The van der Waals surface area contributed by atoms with Crippen molar-refractivity contribution in [1.82, 2.24) is 49.8 Å². The van der Waals surface area contributed by atoms with Crippen LogP contribution in [-0.4, -0.2) is 121 Å². The van der Waals surface area contributed by atoms with Gasteiger partial charge in [0.25, 0.3) is 11.8 Å². The Labute approximate surface area is 432 Å². The third-order valence-corrected chi connectivity index (χ3v) is 14.9. The minimum Gasteiger partial charge on any atom is -0.489 e. The van der Waals surface area contributed by atoms with E-state index in [2.05, 4.69) is 63.3 Å². The molecule has 0 spiro atoms. The Morgan fingerprint density at radius 2 is 1.56 bits per heavy atom. The second kappa shape index (κ2) is 19.6. The van der Waals surface area contributed by atoms with Crippen molar-refractivity contribution in [2.24, 2.45) is 24.3 Å². The fraction of sp³-hybridized carbons (Fsp3) is 0.407. The number of amides is 2. The van der Waals surface area contributed by atoms with Gasteiger partial charge in [-0.2, -0.15) is 25.5 Å². The zero-order chi connectivity index (χ0) is 51.4. The molecular formula is C54H61N17O4. The van der Waals surface area contributed by atoms with Gasteiger partial charge in [-0.05, 0) is 63.8 Å². The molecule has 12 rings (SSSR count). The third kappa shape index (κ3) is 9.74. The standard InChI is InChI=1S/C54H61N17O4/c1-32-33(2)71-29-37(60-52(72)38-10-11-44(70-20-16-56-17-21-70)39-30-67(3)63-49(38)39)25-47(51(71)58-32)75-23-15-54(65-66-54)14-6-5-7-22-74-46-27-42-34(28-57-62-42)24-43(46)61-53(73)48-41(55)26-45(40-31-68(4)64-50(40)48)69-18-12-36(13-19-69)59-35-8-9-35/h10-11,24-31,35-36,56,59H,6,8-9,12-23,55H2,1-4H3,(H,57,62)(H,60,72)(H,61,73). The molecule has 8 aromatic rings. The van der Waals surface area contributed by atoms with E-state index in [0.717, 1.165) is 96.5 Å². The Morgan fingerprint density at radius 1 is 0.813 bits per heavy atom. The normalized spacial score (nSPS) is 16.5. The molecule has 0 bridgehead atoms. The van der Waals surface area contributed by atoms with E-state index in [4.69, 9.17) is 30.4 Å². The SMILES string of the molecule is Cc1nc2c(OCCC3(CCC#CCOc4cc5[nH]ncc5cc4NC(=O)c4c(N)cc(N5CCC(NC6CC6)CC5)c5cn(C)nc45)N=N3)cc(NC(=O)c3ccc(N4CCNCC4)c4cn(C)nc34)cn2c1C. The van der Waals surface area contributed by atoms with E-state index in [1.807, 2.05) is 81.3 Å². The van der Waals surface area contributed by atoms with E-state index in [-0.39, 0.29) is 12.5 Å². The maximum atomic E-state index is 14.2. The number of nitrogens with one attached hydrogen (secondary N) is 5. The van der Waals surface area contributed by atoms with Gasteiger partial charge in [0.1, 0.15) is 23.4 Å². The minimum atomic E-state index is -0.601. The Bertz CT molecular complexity index is 3610. The van der Waals surface area contributed by atoms with Crippen molar-refractivity contribution >= 4 is 78.6 Å². The van der Waals surface area contributed by atoms with Gasteiger partial charge < -0.3 is 46.3 Å². The Hall–Kier alpha value is -8.22. The molecule has 3 fully saturated rings. The first-order valence-corrected chi connectivity index (χ1v) is 25.9. The zero-order valence-electron chi connectivity index (χ0n) is 42.7. The van der Waals surface area contributed by atoms with Crippen LogP contribution >= 0.6 is 0 Å². The van der Waals surface area contributed by atoms with Gasteiger partial charge in [0.05, 0.1) is 46.5 Å². The molecule has 4 aliphatic rings. The molecule has 1 aliphatic carbocycles. The number of piperazine rings is 1. The quantitative estimate of drug-likeness (QED) is 0.0442. The number of ether oxygens (including phenoxy) is 2. The number of aryl methyl sites for hydroxylation is 4. The van der Waals surface area contributed by atoms with Gasteiger partial charge in [-0.3, -0.25) is 28.5 Å². The number of hydrogen-bond donors (Lipinski definition) is 6. The van der Waals surface area contributed by atoms with Crippen LogP contribution in [0.2, 0.25) is 0 Å². The number of fused-ring (bicyclic) bond motifs is 4. The molecule has 2 saturated heterocycles. The molecule has 2 amide bonds. The number of aromatic nitrogens is 8. The van der Waals surface area contributed by atoms with Crippen LogP contribution in [0.5, 0.6) is 11.5 Å². The molecule has 1 saturated carbocycles. The number of hydrogen-bond acceptors (Lipinski definition) is 15. The second-order valence-corrected chi connectivity index (χ2v) is 20.3. The van der Waals surface area contributed by atoms with Crippen molar-refractivity contribution in [3.05, 3.63) is 83.7 Å².